The number of pyridine rings is 1. The van der Waals surface area contributed by atoms with E-state index in [0.29, 0.717) is 11.5 Å². The van der Waals surface area contributed by atoms with Gasteiger partial charge in [0.15, 0.2) is 0 Å². The Morgan fingerprint density at radius 2 is 1.83 bits per heavy atom. The molecule has 3 N–H and O–H groups in total. The summed E-state index contributed by atoms with van der Waals surface area (Å²) >= 11 is 0. The lowest BCUT2D eigenvalue weighted by Gasteiger charge is -2.21. The lowest BCUT2D eigenvalue weighted by atomic mass is 9.89. The number of hydrogen-bond acceptors (Lipinski definition) is 3. The van der Waals surface area contributed by atoms with E-state index in [4.69, 9.17) is 0 Å². The second-order valence-corrected chi connectivity index (χ2v) is 8.10. The van der Waals surface area contributed by atoms with E-state index < -0.39 is 0 Å². The van der Waals surface area contributed by atoms with Crippen LogP contribution in [0.4, 0.5) is 0 Å². The highest BCUT2D eigenvalue weighted by atomic mass is 16.1. The number of H-pyrrole nitrogens is 2. The quantitative estimate of drug-likeness (QED) is 0.445. The number of carbonyl (C=O) groups excluding carboxylic acids is 1. The molecule has 1 amide bonds. The SMILES string of the molecule is O=C(NCC1CCCCC1)c1ccc(-c2cnc3[nH]cc(-c4cn[nH]c4)c3c2)cc1. The largest absolute Gasteiger partial charge is 0.352 e. The predicted molar refractivity (Wildman–Crippen MR) is 118 cm³/mol. The highest BCUT2D eigenvalue weighted by molar-refractivity contribution is 5.96. The molecule has 1 saturated carbocycles. The maximum atomic E-state index is 12.5. The molecule has 0 unspecified atom stereocenters. The maximum Gasteiger partial charge on any atom is 0.251 e. The molecular weight excluding hydrogens is 374 g/mol. The van der Waals surface area contributed by atoms with E-state index in [1.807, 2.05) is 42.9 Å². The van der Waals surface area contributed by atoms with Crippen LogP contribution in [0, 0.1) is 5.92 Å². The second kappa shape index (κ2) is 8.14. The Labute approximate surface area is 175 Å². The standard InChI is InChI=1S/C24H25N5O/c30-24(27-11-16-4-2-1-3-5-16)18-8-6-17(7-9-18)19-10-21-22(20-13-28-29-14-20)15-26-23(21)25-12-19/h6-10,12-16H,1-5,11H2,(H,25,26)(H,27,30)(H,28,29). The molecule has 1 fully saturated rings. The van der Waals surface area contributed by atoms with Crippen molar-refractivity contribution in [1.82, 2.24) is 25.5 Å². The molecule has 0 spiro atoms. The van der Waals surface area contributed by atoms with Crippen LogP contribution in [0.15, 0.2) is 55.1 Å². The van der Waals surface area contributed by atoms with Crippen LogP contribution in [0.3, 0.4) is 0 Å². The number of fused-ring (bicyclic) bond motifs is 1. The molecule has 30 heavy (non-hydrogen) atoms. The molecule has 1 aliphatic carbocycles. The molecule has 0 atom stereocenters. The van der Waals surface area contributed by atoms with Gasteiger partial charge in [-0.15, -0.1) is 0 Å². The summed E-state index contributed by atoms with van der Waals surface area (Å²) in [5.74, 6) is 0.638. The van der Waals surface area contributed by atoms with Crippen molar-refractivity contribution in [2.45, 2.75) is 32.1 Å². The molecule has 6 heteroatoms. The third-order valence-electron chi connectivity index (χ3n) is 6.10. The normalized spacial score (nSPS) is 14.8. The summed E-state index contributed by atoms with van der Waals surface area (Å²) in [4.78, 5) is 20.3. The highest BCUT2D eigenvalue weighted by Crippen LogP contribution is 2.30. The van der Waals surface area contributed by atoms with Crippen LogP contribution in [0.1, 0.15) is 42.5 Å². The molecule has 0 saturated heterocycles. The first-order chi connectivity index (χ1) is 14.8. The molecule has 3 aromatic heterocycles. The molecule has 1 aromatic carbocycles. The topological polar surface area (TPSA) is 86.5 Å². The minimum Gasteiger partial charge on any atom is -0.352 e. The van der Waals surface area contributed by atoms with Gasteiger partial charge in [-0.3, -0.25) is 9.89 Å². The highest BCUT2D eigenvalue weighted by Gasteiger charge is 2.15. The van der Waals surface area contributed by atoms with E-state index in [2.05, 4.69) is 31.5 Å². The molecule has 0 aliphatic heterocycles. The summed E-state index contributed by atoms with van der Waals surface area (Å²) in [5, 5.41) is 11.0. The molecule has 6 nitrogen and oxygen atoms in total. The van der Waals surface area contributed by atoms with E-state index in [1.54, 1.807) is 6.20 Å². The van der Waals surface area contributed by atoms with E-state index in [9.17, 15) is 4.79 Å². The monoisotopic (exact) mass is 399 g/mol. The molecule has 3 heterocycles. The Morgan fingerprint density at radius 3 is 2.60 bits per heavy atom. The first-order valence-corrected chi connectivity index (χ1v) is 10.6. The van der Waals surface area contributed by atoms with Gasteiger partial charge in [0.2, 0.25) is 0 Å². The summed E-state index contributed by atoms with van der Waals surface area (Å²) in [6.45, 7) is 0.783. The number of aromatic amines is 2. The van der Waals surface area contributed by atoms with Crippen LogP contribution >= 0.6 is 0 Å². The number of amides is 1. The van der Waals surface area contributed by atoms with Gasteiger partial charge in [-0.25, -0.2) is 4.98 Å². The fourth-order valence-corrected chi connectivity index (χ4v) is 4.34. The maximum absolute atomic E-state index is 12.5. The number of rotatable bonds is 5. The third kappa shape index (κ3) is 3.73. The summed E-state index contributed by atoms with van der Waals surface area (Å²) in [7, 11) is 0. The Hall–Kier alpha value is -3.41. The summed E-state index contributed by atoms with van der Waals surface area (Å²) in [5.41, 5.74) is 5.67. The van der Waals surface area contributed by atoms with Gasteiger partial charge in [0.1, 0.15) is 5.65 Å². The van der Waals surface area contributed by atoms with Crippen molar-refractivity contribution in [2.75, 3.05) is 6.54 Å². The first-order valence-electron chi connectivity index (χ1n) is 10.6. The average molecular weight is 399 g/mol. The van der Waals surface area contributed by atoms with Gasteiger partial charge in [0.25, 0.3) is 5.91 Å². The van der Waals surface area contributed by atoms with E-state index in [1.165, 1.54) is 32.1 Å². The number of hydrogen-bond donors (Lipinski definition) is 3. The smallest absolute Gasteiger partial charge is 0.251 e. The van der Waals surface area contributed by atoms with Crippen molar-refractivity contribution in [3.8, 4) is 22.3 Å². The van der Waals surface area contributed by atoms with Gasteiger partial charge < -0.3 is 10.3 Å². The van der Waals surface area contributed by atoms with Gasteiger partial charge in [0.05, 0.1) is 6.20 Å². The van der Waals surface area contributed by atoms with E-state index in [0.717, 1.165) is 39.8 Å². The number of nitrogens with one attached hydrogen (secondary N) is 3. The molecule has 1 aliphatic rings. The number of carbonyl (C=O) groups is 1. The zero-order chi connectivity index (χ0) is 20.3. The van der Waals surface area contributed by atoms with Crippen molar-refractivity contribution in [3.05, 3.63) is 60.7 Å². The van der Waals surface area contributed by atoms with Gasteiger partial charge in [-0.2, -0.15) is 5.10 Å². The zero-order valence-electron chi connectivity index (χ0n) is 16.8. The van der Waals surface area contributed by atoms with Crippen LogP contribution in [0.5, 0.6) is 0 Å². The van der Waals surface area contributed by atoms with Crippen LogP contribution in [-0.2, 0) is 0 Å². The lowest BCUT2D eigenvalue weighted by molar-refractivity contribution is 0.0943. The van der Waals surface area contributed by atoms with Crippen molar-refractivity contribution in [2.24, 2.45) is 5.92 Å². The Kier molecular flexibility index (Phi) is 5.05. The van der Waals surface area contributed by atoms with Crippen molar-refractivity contribution in [3.63, 3.8) is 0 Å². The minimum atomic E-state index is 0.00794. The molecule has 0 bridgehead atoms. The zero-order valence-corrected chi connectivity index (χ0v) is 16.8. The molecule has 5 rings (SSSR count). The number of benzene rings is 1. The van der Waals surface area contributed by atoms with Crippen LogP contribution in [-0.4, -0.2) is 32.6 Å². The summed E-state index contributed by atoms with van der Waals surface area (Å²) in [6.07, 6.45) is 13.9. The van der Waals surface area contributed by atoms with Crippen LogP contribution in [0.2, 0.25) is 0 Å². The van der Waals surface area contributed by atoms with Crippen LogP contribution in [0.25, 0.3) is 33.3 Å². The molecule has 4 aromatic rings. The van der Waals surface area contributed by atoms with Crippen LogP contribution < -0.4 is 5.32 Å². The fourth-order valence-electron chi connectivity index (χ4n) is 4.34. The van der Waals surface area contributed by atoms with Gasteiger partial charge >= 0.3 is 0 Å². The minimum absolute atomic E-state index is 0.00794. The molecule has 152 valence electrons. The van der Waals surface area contributed by atoms with Crippen molar-refractivity contribution >= 4 is 16.9 Å². The lowest BCUT2D eigenvalue weighted by Crippen LogP contribution is -2.30. The van der Waals surface area contributed by atoms with Gasteiger partial charge in [-0.05, 0) is 42.5 Å². The van der Waals surface area contributed by atoms with Crippen molar-refractivity contribution < 1.29 is 4.79 Å². The Morgan fingerprint density at radius 1 is 1.00 bits per heavy atom. The molecule has 0 radical (unpaired) electrons. The Bertz CT molecular complexity index is 1140. The number of aromatic nitrogens is 4. The van der Waals surface area contributed by atoms with E-state index >= 15 is 0 Å². The van der Waals surface area contributed by atoms with Gasteiger partial charge in [-0.1, -0.05) is 31.4 Å². The van der Waals surface area contributed by atoms with Crippen molar-refractivity contribution in [1.29, 1.82) is 0 Å². The fraction of sp³-hybridized carbons (Fsp3) is 0.292. The second-order valence-electron chi connectivity index (χ2n) is 8.10. The number of nitrogens with zero attached hydrogens (tertiary/aromatic N) is 2. The first kappa shape index (κ1) is 18.6. The average Bonchev–Trinajstić information content (AvgIpc) is 3.47. The summed E-state index contributed by atoms with van der Waals surface area (Å²) in [6, 6.07) is 9.89. The van der Waals surface area contributed by atoms with Gasteiger partial charge in [0, 0.05) is 52.8 Å². The Balaban J connectivity index is 1.33. The van der Waals surface area contributed by atoms with E-state index in [-0.39, 0.29) is 5.91 Å². The molecular formula is C24H25N5O. The predicted octanol–water partition coefficient (Wildman–Crippen LogP) is 4.93. The summed E-state index contributed by atoms with van der Waals surface area (Å²) < 4.78 is 0. The third-order valence-corrected chi connectivity index (χ3v) is 6.10.